The zero-order chi connectivity index (χ0) is 12.1. The first-order valence-corrected chi connectivity index (χ1v) is 7.09. The third-order valence-electron chi connectivity index (χ3n) is 4.02. The lowest BCUT2D eigenvalue weighted by Crippen LogP contribution is -2.32. The molecular weight excluding hydrogens is 230 g/mol. The molecule has 0 spiro atoms. The van der Waals surface area contributed by atoms with Gasteiger partial charge in [0.15, 0.2) is 0 Å². The van der Waals surface area contributed by atoms with Gasteiger partial charge >= 0.3 is 0 Å². The lowest BCUT2D eigenvalue weighted by Gasteiger charge is -2.23. The smallest absolute Gasteiger partial charge is 0.0437 e. The van der Waals surface area contributed by atoms with Crippen molar-refractivity contribution in [1.82, 2.24) is 5.32 Å². The van der Waals surface area contributed by atoms with Crippen LogP contribution < -0.4 is 5.32 Å². The first-order chi connectivity index (χ1) is 8.31. The van der Waals surface area contributed by atoms with Gasteiger partial charge in [-0.25, -0.2) is 0 Å². The molecule has 0 heterocycles. The van der Waals surface area contributed by atoms with Crippen molar-refractivity contribution in [2.24, 2.45) is 5.92 Å². The average molecular weight is 252 g/mol. The summed E-state index contributed by atoms with van der Waals surface area (Å²) in [4.78, 5) is 0. The molecular formula is C15H22ClN. The number of aryl methyl sites for hydroxylation is 1. The van der Waals surface area contributed by atoms with Gasteiger partial charge in [-0.15, -0.1) is 0 Å². The maximum atomic E-state index is 6.19. The number of benzene rings is 1. The Bertz CT molecular complexity index is 345. The lowest BCUT2D eigenvalue weighted by molar-refractivity contribution is 0.360. The van der Waals surface area contributed by atoms with Crippen molar-refractivity contribution >= 4 is 11.6 Å². The molecule has 1 unspecified atom stereocenters. The van der Waals surface area contributed by atoms with E-state index < -0.39 is 0 Å². The summed E-state index contributed by atoms with van der Waals surface area (Å²) >= 11 is 6.19. The molecule has 1 fully saturated rings. The molecule has 2 heteroatoms. The highest BCUT2D eigenvalue weighted by Crippen LogP contribution is 2.30. The molecule has 1 N–H and O–H groups in total. The highest BCUT2D eigenvalue weighted by atomic mass is 35.5. The maximum absolute atomic E-state index is 6.19. The Kier molecular flexibility index (Phi) is 4.87. The van der Waals surface area contributed by atoms with E-state index in [0.717, 1.165) is 17.4 Å². The van der Waals surface area contributed by atoms with Crippen molar-refractivity contribution in [2.75, 3.05) is 7.05 Å². The minimum atomic E-state index is 0.661. The van der Waals surface area contributed by atoms with E-state index in [1.807, 2.05) is 12.1 Å². The monoisotopic (exact) mass is 251 g/mol. The topological polar surface area (TPSA) is 12.0 Å². The van der Waals surface area contributed by atoms with Crippen LogP contribution in [0.25, 0.3) is 0 Å². The first kappa shape index (κ1) is 12.9. The molecule has 94 valence electrons. The first-order valence-electron chi connectivity index (χ1n) is 6.72. The van der Waals surface area contributed by atoms with Crippen molar-refractivity contribution in [2.45, 2.75) is 44.6 Å². The van der Waals surface area contributed by atoms with Gasteiger partial charge in [0.25, 0.3) is 0 Å². The number of nitrogens with one attached hydrogen (secondary N) is 1. The van der Waals surface area contributed by atoms with Crippen molar-refractivity contribution in [3.8, 4) is 0 Å². The second kappa shape index (κ2) is 6.42. The predicted molar refractivity (Wildman–Crippen MR) is 74.6 cm³/mol. The molecule has 17 heavy (non-hydrogen) atoms. The van der Waals surface area contributed by atoms with Gasteiger partial charge in [0.05, 0.1) is 0 Å². The second-order valence-electron chi connectivity index (χ2n) is 5.07. The molecule has 1 aliphatic rings. The van der Waals surface area contributed by atoms with E-state index >= 15 is 0 Å². The van der Waals surface area contributed by atoms with E-state index in [1.165, 1.54) is 37.7 Å². The van der Waals surface area contributed by atoms with Crippen LogP contribution in [0.2, 0.25) is 5.02 Å². The fourth-order valence-corrected chi connectivity index (χ4v) is 3.22. The highest BCUT2D eigenvalue weighted by molar-refractivity contribution is 6.31. The zero-order valence-corrected chi connectivity index (χ0v) is 11.3. The molecule has 0 radical (unpaired) electrons. The van der Waals surface area contributed by atoms with Gasteiger partial charge in [-0.05, 0) is 50.3 Å². The van der Waals surface area contributed by atoms with E-state index in [0.29, 0.717) is 6.04 Å². The minimum Gasteiger partial charge on any atom is -0.317 e. The molecule has 0 aromatic heterocycles. The van der Waals surface area contributed by atoms with E-state index in [-0.39, 0.29) is 0 Å². The van der Waals surface area contributed by atoms with Crippen LogP contribution in [-0.4, -0.2) is 13.1 Å². The Balaban J connectivity index is 1.89. The summed E-state index contributed by atoms with van der Waals surface area (Å²) in [6.45, 7) is 0. The minimum absolute atomic E-state index is 0.661. The standard InChI is InChI=1S/C15H22ClN/c1-17-15(13-7-2-3-8-13)11-10-12-6-4-5-9-14(12)16/h4-6,9,13,15,17H,2-3,7-8,10-11H2,1H3. The molecule has 1 atom stereocenters. The highest BCUT2D eigenvalue weighted by Gasteiger charge is 2.23. The van der Waals surface area contributed by atoms with Crippen molar-refractivity contribution in [3.63, 3.8) is 0 Å². The van der Waals surface area contributed by atoms with Crippen LogP contribution in [0.4, 0.5) is 0 Å². The van der Waals surface area contributed by atoms with Crippen molar-refractivity contribution in [3.05, 3.63) is 34.9 Å². The summed E-state index contributed by atoms with van der Waals surface area (Å²) in [6, 6.07) is 8.86. The Hall–Kier alpha value is -0.530. The van der Waals surface area contributed by atoms with Gasteiger partial charge in [0.2, 0.25) is 0 Å². The number of hydrogen-bond acceptors (Lipinski definition) is 1. The lowest BCUT2D eigenvalue weighted by atomic mass is 9.92. The van der Waals surface area contributed by atoms with E-state index in [4.69, 9.17) is 11.6 Å². The van der Waals surface area contributed by atoms with Gasteiger partial charge in [0, 0.05) is 11.1 Å². The second-order valence-corrected chi connectivity index (χ2v) is 5.48. The van der Waals surface area contributed by atoms with E-state index in [2.05, 4.69) is 24.5 Å². The fourth-order valence-electron chi connectivity index (χ4n) is 2.99. The predicted octanol–water partition coefficient (Wildman–Crippen LogP) is 4.05. The molecule has 1 aromatic rings. The van der Waals surface area contributed by atoms with Gasteiger partial charge in [-0.3, -0.25) is 0 Å². The molecule has 1 nitrogen and oxygen atoms in total. The van der Waals surface area contributed by atoms with E-state index in [1.54, 1.807) is 0 Å². The van der Waals surface area contributed by atoms with Crippen LogP contribution in [0.3, 0.4) is 0 Å². The normalized spacial score (nSPS) is 18.5. The Morgan fingerprint density at radius 1 is 1.29 bits per heavy atom. The van der Waals surface area contributed by atoms with Crippen molar-refractivity contribution < 1.29 is 0 Å². The van der Waals surface area contributed by atoms with Gasteiger partial charge < -0.3 is 5.32 Å². The largest absolute Gasteiger partial charge is 0.317 e. The van der Waals surface area contributed by atoms with Gasteiger partial charge in [-0.1, -0.05) is 42.6 Å². The number of rotatable bonds is 5. The van der Waals surface area contributed by atoms with Gasteiger partial charge in [0.1, 0.15) is 0 Å². The van der Waals surface area contributed by atoms with Crippen LogP contribution in [0.15, 0.2) is 24.3 Å². The molecule has 2 rings (SSSR count). The summed E-state index contributed by atoms with van der Waals surface area (Å²) in [5.74, 6) is 0.877. The van der Waals surface area contributed by atoms with Crippen LogP contribution in [0.5, 0.6) is 0 Å². The summed E-state index contributed by atoms with van der Waals surface area (Å²) < 4.78 is 0. The number of halogens is 1. The summed E-state index contributed by atoms with van der Waals surface area (Å²) in [5, 5.41) is 4.40. The molecule has 0 amide bonds. The molecule has 1 aliphatic carbocycles. The van der Waals surface area contributed by atoms with Crippen molar-refractivity contribution in [1.29, 1.82) is 0 Å². The fraction of sp³-hybridized carbons (Fsp3) is 0.600. The molecule has 1 aromatic carbocycles. The third kappa shape index (κ3) is 3.46. The summed E-state index contributed by atoms with van der Waals surface area (Å²) in [6.07, 6.45) is 7.90. The molecule has 0 aliphatic heterocycles. The molecule has 1 saturated carbocycles. The number of hydrogen-bond donors (Lipinski definition) is 1. The molecule has 0 saturated heterocycles. The average Bonchev–Trinajstić information content (AvgIpc) is 2.86. The SMILES string of the molecule is CNC(CCc1ccccc1Cl)C1CCCC1. The van der Waals surface area contributed by atoms with E-state index in [9.17, 15) is 0 Å². The Morgan fingerprint density at radius 2 is 2.00 bits per heavy atom. The van der Waals surface area contributed by atoms with Crippen LogP contribution in [0.1, 0.15) is 37.7 Å². The maximum Gasteiger partial charge on any atom is 0.0437 e. The quantitative estimate of drug-likeness (QED) is 0.833. The third-order valence-corrected chi connectivity index (χ3v) is 4.39. The molecule has 0 bridgehead atoms. The summed E-state index contributed by atoms with van der Waals surface area (Å²) in [5.41, 5.74) is 1.28. The summed E-state index contributed by atoms with van der Waals surface area (Å²) in [7, 11) is 2.09. The Morgan fingerprint density at radius 3 is 2.65 bits per heavy atom. The van der Waals surface area contributed by atoms with Gasteiger partial charge in [-0.2, -0.15) is 0 Å². The zero-order valence-electron chi connectivity index (χ0n) is 10.6. The van der Waals surface area contributed by atoms with Crippen LogP contribution in [-0.2, 0) is 6.42 Å². The van der Waals surface area contributed by atoms with Crippen LogP contribution in [0, 0.1) is 5.92 Å². The Labute approximate surface area is 110 Å². The van der Waals surface area contributed by atoms with Crippen LogP contribution >= 0.6 is 11.6 Å².